The van der Waals surface area contributed by atoms with Crippen LogP contribution in [0.2, 0.25) is 0 Å². The molecule has 2 aromatic rings. The molecule has 1 saturated heterocycles. The van der Waals surface area contributed by atoms with E-state index >= 15 is 0 Å². The van der Waals surface area contributed by atoms with Crippen molar-refractivity contribution < 1.29 is 12.6 Å². The van der Waals surface area contributed by atoms with Crippen molar-refractivity contribution in [3.05, 3.63) is 71.8 Å². The summed E-state index contributed by atoms with van der Waals surface area (Å²) >= 11 is 0. The van der Waals surface area contributed by atoms with E-state index in [4.69, 9.17) is 4.18 Å². The molecule has 5 heteroatoms. The van der Waals surface area contributed by atoms with Gasteiger partial charge in [-0.2, -0.15) is 13.1 Å². The molecule has 0 saturated carbocycles. The predicted molar refractivity (Wildman–Crippen MR) is 76.3 cm³/mol. The van der Waals surface area contributed by atoms with Crippen LogP contribution in [0.1, 0.15) is 17.2 Å². The van der Waals surface area contributed by atoms with Crippen molar-refractivity contribution in [1.82, 2.24) is 4.72 Å². The summed E-state index contributed by atoms with van der Waals surface area (Å²) in [6.45, 7) is 0. The number of benzene rings is 2. The molecule has 1 aliphatic rings. The molecule has 2 aromatic carbocycles. The van der Waals surface area contributed by atoms with Crippen molar-refractivity contribution in [2.24, 2.45) is 0 Å². The average Bonchev–Trinajstić information content (AvgIpc) is 2.76. The first-order valence-corrected chi connectivity index (χ1v) is 7.84. The van der Waals surface area contributed by atoms with Crippen LogP contribution in [0.15, 0.2) is 60.7 Å². The van der Waals surface area contributed by atoms with E-state index in [9.17, 15) is 8.42 Å². The van der Waals surface area contributed by atoms with Crippen LogP contribution >= 0.6 is 0 Å². The van der Waals surface area contributed by atoms with E-state index in [1.807, 2.05) is 60.7 Å². The predicted octanol–water partition coefficient (Wildman–Crippen LogP) is 2.20. The second kappa shape index (κ2) is 5.36. The molecule has 4 nitrogen and oxygen atoms in total. The zero-order chi connectivity index (χ0) is 14.0. The molecule has 0 amide bonds. The van der Waals surface area contributed by atoms with E-state index in [2.05, 4.69) is 4.72 Å². The SMILES string of the molecule is O=S1(=O)NC(c2ccccc2)C(Cc2ccccc2)O1. The molecule has 2 atom stereocenters. The molecule has 1 heterocycles. The molecule has 104 valence electrons. The molecular formula is C15H15NO3S. The van der Waals surface area contributed by atoms with Crippen LogP contribution < -0.4 is 4.72 Å². The Kier molecular flexibility index (Phi) is 3.56. The molecule has 0 spiro atoms. The highest BCUT2D eigenvalue weighted by molar-refractivity contribution is 7.85. The van der Waals surface area contributed by atoms with Gasteiger partial charge in [0.2, 0.25) is 0 Å². The zero-order valence-electron chi connectivity index (χ0n) is 10.8. The molecule has 1 aliphatic heterocycles. The lowest BCUT2D eigenvalue weighted by molar-refractivity contribution is 0.215. The van der Waals surface area contributed by atoms with E-state index in [-0.39, 0.29) is 6.04 Å². The Morgan fingerprint density at radius 2 is 1.55 bits per heavy atom. The fourth-order valence-electron chi connectivity index (χ4n) is 2.42. The Morgan fingerprint density at radius 1 is 0.950 bits per heavy atom. The summed E-state index contributed by atoms with van der Waals surface area (Å²) in [4.78, 5) is 0. The fourth-order valence-corrected chi connectivity index (χ4v) is 3.58. The van der Waals surface area contributed by atoms with Gasteiger partial charge < -0.3 is 0 Å². The summed E-state index contributed by atoms with van der Waals surface area (Å²) in [5.41, 5.74) is 1.96. The number of nitrogens with one attached hydrogen (secondary N) is 1. The van der Waals surface area contributed by atoms with Gasteiger partial charge >= 0.3 is 10.3 Å². The van der Waals surface area contributed by atoms with Crippen LogP contribution in [0.5, 0.6) is 0 Å². The van der Waals surface area contributed by atoms with Crippen molar-refractivity contribution in [3.8, 4) is 0 Å². The molecule has 20 heavy (non-hydrogen) atoms. The third-order valence-corrected chi connectivity index (χ3v) is 4.37. The normalized spacial score (nSPS) is 24.6. The summed E-state index contributed by atoms with van der Waals surface area (Å²) in [5.74, 6) is 0. The van der Waals surface area contributed by atoms with Gasteiger partial charge in [0.15, 0.2) is 0 Å². The standard InChI is InChI=1S/C15H15NO3S/c17-20(18)16-15(13-9-5-2-6-10-13)14(19-20)11-12-7-3-1-4-8-12/h1-10,14-16H,11H2. The Bertz CT molecular complexity index is 671. The van der Waals surface area contributed by atoms with Crippen LogP contribution in [-0.2, 0) is 20.9 Å². The second-order valence-electron chi connectivity index (χ2n) is 4.78. The van der Waals surface area contributed by atoms with Gasteiger partial charge in [-0.05, 0) is 11.1 Å². The molecule has 1 fully saturated rings. The van der Waals surface area contributed by atoms with E-state index in [1.165, 1.54) is 0 Å². The van der Waals surface area contributed by atoms with Crippen molar-refractivity contribution in [3.63, 3.8) is 0 Å². The molecular weight excluding hydrogens is 274 g/mol. The lowest BCUT2D eigenvalue weighted by atomic mass is 9.97. The molecule has 0 bridgehead atoms. The van der Waals surface area contributed by atoms with Crippen LogP contribution in [0, 0.1) is 0 Å². The quantitative estimate of drug-likeness (QED) is 0.942. The van der Waals surface area contributed by atoms with Crippen LogP contribution in [0.3, 0.4) is 0 Å². The minimum absolute atomic E-state index is 0.346. The second-order valence-corrected chi connectivity index (χ2v) is 6.12. The highest BCUT2D eigenvalue weighted by Crippen LogP contribution is 2.29. The Hall–Kier alpha value is -1.69. The minimum atomic E-state index is -3.66. The van der Waals surface area contributed by atoms with Gasteiger partial charge in [-0.1, -0.05) is 60.7 Å². The fraction of sp³-hybridized carbons (Fsp3) is 0.200. The molecule has 0 radical (unpaired) electrons. The maximum absolute atomic E-state index is 11.7. The zero-order valence-corrected chi connectivity index (χ0v) is 11.6. The highest BCUT2D eigenvalue weighted by Gasteiger charge is 2.38. The monoisotopic (exact) mass is 289 g/mol. The lowest BCUT2D eigenvalue weighted by Gasteiger charge is -2.16. The third-order valence-electron chi connectivity index (χ3n) is 3.33. The molecule has 0 aromatic heterocycles. The van der Waals surface area contributed by atoms with E-state index in [1.54, 1.807) is 0 Å². The summed E-state index contributed by atoms with van der Waals surface area (Å²) in [5, 5.41) is 0. The van der Waals surface area contributed by atoms with Gasteiger partial charge in [-0.15, -0.1) is 0 Å². The Balaban J connectivity index is 1.88. The summed E-state index contributed by atoms with van der Waals surface area (Å²) in [6, 6.07) is 18.9. The summed E-state index contributed by atoms with van der Waals surface area (Å²) in [7, 11) is -3.66. The maximum atomic E-state index is 11.7. The van der Waals surface area contributed by atoms with Crippen LogP contribution in [-0.4, -0.2) is 14.5 Å². The number of hydrogen-bond donors (Lipinski definition) is 1. The van der Waals surface area contributed by atoms with E-state index < -0.39 is 16.4 Å². The minimum Gasteiger partial charge on any atom is -0.252 e. The Labute approximate surface area is 118 Å². The maximum Gasteiger partial charge on any atom is 0.336 e. The largest absolute Gasteiger partial charge is 0.336 e. The van der Waals surface area contributed by atoms with Crippen LogP contribution in [0.25, 0.3) is 0 Å². The number of rotatable bonds is 3. The third kappa shape index (κ3) is 2.90. The van der Waals surface area contributed by atoms with Crippen molar-refractivity contribution in [1.29, 1.82) is 0 Å². The number of hydrogen-bond acceptors (Lipinski definition) is 3. The van der Waals surface area contributed by atoms with Gasteiger partial charge in [0.1, 0.15) is 6.10 Å². The van der Waals surface area contributed by atoms with Gasteiger partial charge in [-0.25, -0.2) is 0 Å². The summed E-state index contributed by atoms with van der Waals surface area (Å²) in [6.07, 6.45) is 0.122. The Morgan fingerprint density at radius 3 is 2.20 bits per heavy atom. The van der Waals surface area contributed by atoms with Crippen LogP contribution in [0.4, 0.5) is 0 Å². The van der Waals surface area contributed by atoms with Gasteiger partial charge in [0.25, 0.3) is 0 Å². The first-order valence-electron chi connectivity index (χ1n) is 6.43. The molecule has 1 N–H and O–H groups in total. The summed E-state index contributed by atoms with van der Waals surface area (Å²) < 4.78 is 31.1. The van der Waals surface area contributed by atoms with Crippen molar-refractivity contribution in [2.75, 3.05) is 0 Å². The average molecular weight is 289 g/mol. The van der Waals surface area contributed by atoms with Crippen molar-refractivity contribution in [2.45, 2.75) is 18.6 Å². The van der Waals surface area contributed by atoms with Crippen molar-refractivity contribution >= 4 is 10.3 Å². The molecule has 0 aliphatic carbocycles. The first-order chi connectivity index (χ1) is 9.64. The molecule has 3 rings (SSSR count). The highest BCUT2D eigenvalue weighted by atomic mass is 32.2. The van der Waals surface area contributed by atoms with Gasteiger partial charge in [0.05, 0.1) is 6.04 Å². The van der Waals surface area contributed by atoms with E-state index in [0.29, 0.717) is 6.42 Å². The first kappa shape index (κ1) is 13.3. The van der Waals surface area contributed by atoms with Gasteiger partial charge in [0, 0.05) is 6.42 Å². The topological polar surface area (TPSA) is 55.4 Å². The molecule has 2 unspecified atom stereocenters. The van der Waals surface area contributed by atoms with Gasteiger partial charge in [-0.3, -0.25) is 4.18 Å². The lowest BCUT2D eigenvalue weighted by Crippen LogP contribution is -2.24. The van der Waals surface area contributed by atoms with E-state index in [0.717, 1.165) is 11.1 Å². The smallest absolute Gasteiger partial charge is 0.252 e.